The maximum atomic E-state index is 11.0. The van der Waals surface area contributed by atoms with Gasteiger partial charge in [0.15, 0.2) is 0 Å². The molecular weight excluding hydrogens is 168 g/mol. The maximum absolute atomic E-state index is 11.0. The second kappa shape index (κ2) is 4.04. The predicted molar refractivity (Wildman–Crippen MR) is 51.1 cm³/mol. The Morgan fingerprint density at radius 3 is 2.92 bits per heavy atom. The van der Waals surface area contributed by atoms with Crippen molar-refractivity contribution < 1.29 is 0 Å². The van der Waals surface area contributed by atoms with Crippen molar-refractivity contribution in [3.05, 3.63) is 22.1 Å². The molecule has 0 radical (unpaired) electrons. The molecule has 0 saturated carbocycles. The van der Waals surface area contributed by atoms with Crippen LogP contribution in [-0.4, -0.2) is 9.97 Å². The van der Waals surface area contributed by atoms with Crippen molar-refractivity contribution >= 4 is 5.95 Å². The molecule has 0 aliphatic carbocycles. The third-order valence-electron chi connectivity index (χ3n) is 1.76. The van der Waals surface area contributed by atoms with Crippen LogP contribution in [0.25, 0.3) is 0 Å². The largest absolute Gasteiger partial charge is 0.369 e. The molecule has 1 aromatic heterocycles. The highest BCUT2D eigenvalue weighted by Crippen LogP contribution is 2.11. The Labute approximate surface area is 76.2 Å². The van der Waals surface area contributed by atoms with Crippen molar-refractivity contribution in [2.45, 2.75) is 25.8 Å². The lowest BCUT2D eigenvalue weighted by Crippen LogP contribution is -2.18. The topological polar surface area (TPSA) is 97.8 Å². The Morgan fingerprint density at radius 2 is 2.38 bits per heavy atom. The summed E-state index contributed by atoms with van der Waals surface area (Å²) in [6, 6.07) is 1.19. The Kier molecular flexibility index (Phi) is 3.02. The van der Waals surface area contributed by atoms with E-state index in [9.17, 15) is 4.79 Å². The van der Waals surface area contributed by atoms with Gasteiger partial charge in [-0.2, -0.15) is 0 Å². The van der Waals surface area contributed by atoms with Gasteiger partial charge in [0.1, 0.15) is 0 Å². The fourth-order valence-electron chi connectivity index (χ4n) is 1.14. The number of nitrogen functional groups attached to an aromatic ring is 1. The number of aromatic amines is 1. The van der Waals surface area contributed by atoms with Gasteiger partial charge in [0, 0.05) is 12.1 Å². The average molecular weight is 182 g/mol. The van der Waals surface area contributed by atoms with Crippen molar-refractivity contribution in [3.8, 4) is 0 Å². The van der Waals surface area contributed by atoms with E-state index in [-0.39, 0.29) is 17.5 Å². The summed E-state index contributed by atoms with van der Waals surface area (Å²) in [4.78, 5) is 17.3. The third kappa shape index (κ3) is 2.55. The Balaban J connectivity index is 2.94. The van der Waals surface area contributed by atoms with Crippen LogP contribution < -0.4 is 17.0 Å². The number of rotatable bonds is 3. The molecule has 5 N–H and O–H groups in total. The van der Waals surface area contributed by atoms with Gasteiger partial charge in [-0.25, -0.2) is 4.98 Å². The summed E-state index contributed by atoms with van der Waals surface area (Å²) < 4.78 is 0. The number of nitrogens with zero attached hydrogens (tertiary/aromatic N) is 1. The molecule has 0 spiro atoms. The highest BCUT2D eigenvalue weighted by atomic mass is 16.1. The quantitative estimate of drug-likeness (QED) is 0.619. The molecule has 5 nitrogen and oxygen atoms in total. The fourth-order valence-corrected chi connectivity index (χ4v) is 1.14. The first-order valence-electron chi connectivity index (χ1n) is 4.25. The number of aromatic nitrogens is 2. The minimum absolute atomic E-state index is 0.119. The standard InChI is InChI=1S/C8H14N4O/c1-2-3-5(9)6-4-7(13)12-8(10)11-6/h4-5H,2-3,9H2,1H3,(H3,10,11,12,13). The first kappa shape index (κ1) is 9.73. The van der Waals surface area contributed by atoms with E-state index in [4.69, 9.17) is 11.5 Å². The summed E-state index contributed by atoms with van der Waals surface area (Å²) in [7, 11) is 0. The molecule has 0 aliphatic heterocycles. The molecular formula is C8H14N4O. The van der Waals surface area contributed by atoms with Crippen molar-refractivity contribution in [1.29, 1.82) is 0 Å². The zero-order valence-electron chi connectivity index (χ0n) is 7.58. The first-order chi connectivity index (χ1) is 6.13. The Bertz CT molecular complexity index is 333. The van der Waals surface area contributed by atoms with E-state index in [1.54, 1.807) is 0 Å². The monoisotopic (exact) mass is 182 g/mol. The average Bonchev–Trinajstić information content (AvgIpc) is 2.03. The van der Waals surface area contributed by atoms with Crippen LogP contribution in [0.1, 0.15) is 31.5 Å². The number of hydrogen-bond acceptors (Lipinski definition) is 4. The van der Waals surface area contributed by atoms with Crippen LogP contribution in [0.2, 0.25) is 0 Å². The van der Waals surface area contributed by atoms with Gasteiger partial charge in [-0.15, -0.1) is 0 Å². The van der Waals surface area contributed by atoms with Gasteiger partial charge < -0.3 is 11.5 Å². The van der Waals surface area contributed by atoms with Gasteiger partial charge in [-0.3, -0.25) is 9.78 Å². The summed E-state index contributed by atoms with van der Waals surface area (Å²) in [5.74, 6) is 0.119. The summed E-state index contributed by atoms with van der Waals surface area (Å²) in [6.07, 6.45) is 1.76. The minimum atomic E-state index is -0.256. The molecule has 0 aliphatic rings. The lowest BCUT2D eigenvalue weighted by Gasteiger charge is -2.08. The highest BCUT2D eigenvalue weighted by Gasteiger charge is 2.07. The van der Waals surface area contributed by atoms with E-state index in [1.165, 1.54) is 6.07 Å². The zero-order chi connectivity index (χ0) is 9.84. The Hall–Kier alpha value is -1.36. The van der Waals surface area contributed by atoms with Crippen LogP contribution in [0, 0.1) is 0 Å². The Morgan fingerprint density at radius 1 is 1.69 bits per heavy atom. The summed E-state index contributed by atoms with van der Waals surface area (Å²) in [5, 5.41) is 0. The highest BCUT2D eigenvalue weighted by molar-refractivity contribution is 5.19. The molecule has 1 atom stereocenters. The summed E-state index contributed by atoms with van der Waals surface area (Å²) >= 11 is 0. The van der Waals surface area contributed by atoms with Crippen molar-refractivity contribution in [3.63, 3.8) is 0 Å². The fraction of sp³-hybridized carbons (Fsp3) is 0.500. The summed E-state index contributed by atoms with van der Waals surface area (Å²) in [6.45, 7) is 2.02. The molecule has 1 aromatic rings. The molecule has 72 valence electrons. The number of H-pyrrole nitrogens is 1. The second-order valence-corrected chi connectivity index (χ2v) is 2.95. The van der Waals surface area contributed by atoms with E-state index in [0.717, 1.165) is 12.8 Å². The van der Waals surface area contributed by atoms with E-state index in [1.807, 2.05) is 6.92 Å². The van der Waals surface area contributed by atoms with Crippen LogP contribution in [-0.2, 0) is 0 Å². The lowest BCUT2D eigenvalue weighted by atomic mass is 10.1. The lowest BCUT2D eigenvalue weighted by molar-refractivity contribution is 0.620. The third-order valence-corrected chi connectivity index (χ3v) is 1.76. The molecule has 13 heavy (non-hydrogen) atoms. The number of nitrogens with one attached hydrogen (secondary N) is 1. The normalized spacial score (nSPS) is 12.8. The van der Waals surface area contributed by atoms with Crippen LogP contribution in [0.5, 0.6) is 0 Å². The van der Waals surface area contributed by atoms with E-state index < -0.39 is 0 Å². The van der Waals surface area contributed by atoms with Gasteiger partial charge in [0.25, 0.3) is 5.56 Å². The van der Waals surface area contributed by atoms with Gasteiger partial charge in [0.2, 0.25) is 5.95 Å². The summed E-state index contributed by atoms with van der Waals surface area (Å²) in [5.41, 5.74) is 11.4. The van der Waals surface area contributed by atoms with Crippen LogP contribution >= 0.6 is 0 Å². The molecule has 0 amide bonds. The van der Waals surface area contributed by atoms with Crippen LogP contribution in [0.3, 0.4) is 0 Å². The molecule has 1 rings (SSSR count). The number of hydrogen-bond donors (Lipinski definition) is 3. The smallest absolute Gasteiger partial charge is 0.252 e. The first-order valence-corrected chi connectivity index (χ1v) is 4.25. The van der Waals surface area contributed by atoms with Crippen molar-refractivity contribution in [2.24, 2.45) is 5.73 Å². The molecule has 0 bridgehead atoms. The van der Waals surface area contributed by atoms with E-state index >= 15 is 0 Å². The number of anilines is 1. The molecule has 5 heteroatoms. The molecule has 0 saturated heterocycles. The van der Waals surface area contributed by atoms with E-state index in [0.29, 0.717) is 5.69 Å². The van der Waals surface area contributed by atoms with E-state index in [2.05, 4.69) is 9.97 Å². The minimum Gasteiger partial charge on any atom is -0.369 e. The SMILES string of the molecule is CCCC(N)c1cc(=O)[nH]c(N)n1. The van der Waals surface area contributed by atoms with Gasteiger partial charge in [0.05, 0.1) is 5.69 Å². The van der Waals surface area contributed by atoms with Crippen molar-refractivity contribution in [2.75, 3.05) is 5.73 Å². The predicted octanol–water partition coefficient (Wildman–Crippen LogP) is 0.152. The molecule has 1 unspecified atom stereocenters. The zero-order valence-corrected chi connectivity index (χ0v) is 7.58. The molecule has 1 heterocycles. The van der Waals surface area contributed by atoms with Crippen LogP contribution in [0.15, 0.2) is 10.9 Å². The van der Waals surface area contributed by atoms with Crippen LogP contribution in [0.4, 0.5) is 5.95 Å². The molecule has 0 fully saturated rings. The van der Waals surface area contributed by atoms with Gasteiger partial charge >= 0.3 is 0 Å². The number of nitrogens with two attached hydrogens (primary N) is 2. The van der Waals surface area contributed by atoms with Gasteiger partial charge in [-0.1, -0.05) is 13.3 Å². The molecule has 0 aromatic carbocycles. The second-order valence-electron chi connectivity index (χ2n) is 2.95. The maximum Gasteiger partial charge on any atom is 0.252 e. The van der Waals surface area contributed by atoms with Gasteiger partial charge in [-0.05, 0) is 6.42 Å². The van der Waals surface area contributed by atoms with Crippen molar-refractivity contribution in [1.82, 2.24) is 9.97 Å².